The van der Waals surface area contributed by atoms with E-state index in [1.165, 1.54) is 10.4 Å². The predicted octanol–water partition coefficient (Wildman–Crippen LogP) is 2.48. The van der Waals surface area contributed by atoms with Crippen LogP contribution in [-0.2, 0) is 29.0 Å². The Kier molecular flexibility index (Phi) is 5.71. The minimum absolute atomic E-state index is 0.0813. The van der Waals surface area contributed by atoms with Gasteiger partial charge < -0.3 is 15.3 Å². The van der Waals surface area contributed by atoms with Crippen LogP contribution in [0.1, 0.15) is 28.8 Å². The Morgan fingerprint density at radius 2 is 2.04 bits per heavy atom. The number of para-hydroxylation sites is 1. The number of phenols is 1. The molecular formula is C19H22N2O3S. The average Bonchev–Trinajstić information content (AvgIpc) is 3.08. The molecule has 2 N–H and O–H groups in total. The summed E-state index contributed by atoms with van der Waals surface area (Å²) < 4.78 is 0. The molecule has 2 heterocycles. The molecule has 1 aromatic carbocycles. The summed E-state index contributed by atoms with van der Waals surface area (Å²) in [6.45, 7) is 1.79. The summed E-state index contributed by atoms with van der Waals surface area (Å²) in [6.07, 6.45) is 2.03. The van der Waals surface area contributed by atoms with Crippen LogP contribution in [0.15, 0.2) is 35.7 Å². The Hall–Kier alpha value is -2.34. The second-order valence-electron chi connectivity index (χ2n) is 6.16. The molecule has 0 aliphatic carbocycles. The summed E-state index contributed by atoms with van der Waals surface area (Å²) in [5.41, 5.74) is 2.00. The Morgan fingerprint density at radius 1 is 1.20 bits per heavy atom. The van der Waals surface area contributed by atoms with E-state index >= 15 is 0 Å². The zero-order valence-corrected chi connectivity index (χ0v) is 14.8. The molecule has 0 atom stereocenters. The first-order valence-corrected chi connectivity index (χ1v) is 9.38. The van der Waals surface area contributed by atoms with E-state index in [1.54, 1.807) is 29.5 Å². The van der Waals surface area contributed by atoms with Crippen LogP contribution in [0.2, 0.25) is 0 Å². The fourth-order valence-corrected chi connectivity index (χ4v) is 3.88. The van der Waals surface area contributed by atoms with Gasteiger partial charge in [-0.1, -0.05) is 18.2 Å². The maximum atomic E-state index is 12.3. The van der Waals surface area contributed by atoms with Crippen molar-refractivity contribution in [2.24, 2.45) is 0 Å². The topological polar surface area (TPSA) is 69.6 Å². The van der Waals surface area contributed by atoms with E-state index in [-0.39, 0.29) is 17.6 Å². The van der Waals surface area contributed by atoms with Crippen molar-refractivity contribution in [1.29, 1.82) is 0 Å². The van der Waals surface area contributed by atoms with Gasteiger partial charge in [-0.3, -0.25) is 9.59 Å². The third-order valence-corrected chi connectivity index (χ3v) is 5.46. The molecule has 1 aliphatic heterocycles. The molecule has 6 heteroatoms. The van der Waals surface area contributed by atoms with Crippen LogP contribution >= 0.6 is 11.3 Å². The summed E-state index contributed by atoms with van der Waals surface area (Å²) in [4.78, 5) is 27.4. The molecule has 2 aromatic rings. The lowest BCUT2D eigenvalue weighted by atomic mass is 10.1. The number of aryl methyl sites for hydroxylation is 1. The minimum atomic E-state index is -0.102. The summed E-state index contributed by atoms with van der Waals surface area (Å²) in [6, 6.07) is 9.10. The van der Waals surface area contributed by atoms with Gasteiger partial charge in [0.1, 0.15) is 5.75 Å². The third-order valence-electron chi connectivity index (χ3n) is 4.43. The number of phenolic OH excluding ortho intramolecular Hbond substituents is 1. The fourth-order valence-electron chi connectivity index (χ4n) is 2.99. The van der Waals surface area contributed by atoms with Crippen molar-refractivity contribution in [2.75, 3.05) is 13.1 Å². The van der Waals surface area contributed by atoms with Crippen molar-refractivity contribution >= 4 is 23.2 Å². The van der Waals surface area contributed by atoms with E-state index in [2.05, 4.69) is 16.8 Å². The molecule has 0 radical (unpaired) electrons. The lowest BCUT2D eigenvalue weighted by molar-refractivity contribution is -0.132. The number of hydrogen-bond acceptors (Lipinski definition) is 4. The van der Waals surface area contributed by atoms with Crippen LogP contribution < -0.4 is 5.32 Å². The van der Waals surface area contributed by atoms with Crippen molar-refractivity contribution < 1.29 is 14.7 Å². The second-order valence-corrected chi connectivity index (χ2v) is 7.16. The number of amides is 2. The molecule has 2 amide bonds. The number of hydrogen-bond donors (Lipinski definition) is 2. The lowest BCUT2D eigenvalue weighted by Gasteiger charge is -2.27. The first kappa shape index (κ1) is 17.5. The highest BCUT2D eigenvalue weighted by atomic mass is 32.1. The minimum Gasteiger partial charge on any atom is -0.508 e. The van der Waals surface area contributed by atoms with Crippen molar-refractivity contribution in [3.05, 3.63) is 51.7 Å². The van der Waals surface area contributed by atoms with Crippen LogP contribution in [0.3, 0.4) is 0 Å². The number of nitrogens with zero attached hydrogens (tertiary/aromatic N) is 1. The molecule has 0 fully saturated rings. The summed E-state index contributed by atoms with van der Waals surface area (Å²) >= 11 is 1.75. The Morgan fingerprint density at radius 3 is 2.88 bits per heavy atom. The summed E-state index contributed by atoms with van der Waals surface area (Å²) in [5, 5.41) is 14.6. The van der Waals surface area contributed by atoms with E-state index < -0.39 is 0 Å². The number of fused-ring (bicyclic) bond motifs is 1. The maximum absolute atomic E-state index is 12.3. The highest BCUT2D eigenvalue weighted by Crippen LogP contribution is 2.24. The number of aromatic hydroxyl groups is 1. The smallest absolute Gasteiger partial charge is 0.224 e. The molecule has 0 bridgehead atoms. The first-order chi connectivity index (χ1) is 12.1. The van der Waals surface area contributed by atoms with Crippen LogP contribution in [-0.4, -0.2) is 34.9 Å². The third kappa shape index (κ3) is 4.60. The monoisotopic (exact) mass is 358 g/mol. The first-order valence-electron chi connectivity index (χ1n) is 8.50. The number of nitrogens with one attached hydrogen (secondary N) is 1. The number of thiophene rings is 1. The number of carbonyl (C=O) groups excluding carboxylic acids is 2. The van der Waals surface area contributed by atoms with Crippen LogP contribution in [0.4, 0.5) is 0 Å². The highest BCUT2D eigenvalue weighted by Gasteiger charge is 2.21. The Bertz CT molecular complexity index is 757. The van der Waals surface area contributed by atoms with E-state index in [0.717, 1.165) is 18.5 Å². The Balaban J connectivity index is 1.37. The van der Waals surface area contributed by atoms with Gasteiger partial charge in [0.15, 0.2) is 0 Å². The zero-order chi connectivity index (χ0) is 17.6. The van der Waals surface area contributed by atoms with Gasteiger partial charge in [-0.2, -0.15) is 0 Å². The van der Waals surface area contributed by atoms with Gasteiger partial charge >= 0.3 is 0 Å². The zero-order valence-electron chi connectivity index (χ0n) is 14.0. The van der Waals surface area contributed by atoms with Gasteiger partial charge in [-0.15, -0.1) is 11.3 Å². The standard InChI is InChI=1S/C19H22N2O3S/c22-16-4-2-1-3-14(16)5-6-18(23)20-10-7-19(24)21-11-8-17-15(13-21)9-12-25-17/h1-4,9,12,22H,5-8,10-11,13H2,(H,20,23). The number of rotatable bonds is 6. The van der Waals surface area contributed by atoms with Gasteiger partial charge in [0.25, 0.3) is 0 Å². The maximum Gasteiger partial charge on any atom is 0.224 e. The summed E-state index contributed by atoms with van der Waals surface area (Å²) in [5.74, 6) is 0.191. The molecule has 0 saturated heterocycles. The highest BCUT2D eigenvalue weighted by molar-refractivity contribution is 7.10. The molecule has 1 aromatic heterocycles. The summed E-state index contributed by atoms with van der Waals surface area (Å²) in [7, 11) is 0. The van der Waals surface area contributed by atoms with E-state index in [4.69, 9.17) is 0 Å². The van der Waals surface area contributed by atoms with Gasteiger partial charge in [0.2, 0.25) is 11.8 Å². The quantitative estimate of drug-likeness (QED) is 0.833. The van der Waals surface area contributed by atoms with Crippen molar-refractivity contribution in [3.63, 3.8) is 0 Å². The van der Waals surface area contributed by atoms with Crippen LogP contribution in [0, 0.1) is 0 Å². The van der Waals surface area contributed by atoms with E-state index in [1.807, 2.05) is 11.0 Å². The predicted molar refractivity (Wildman–Crippen MR) is 97.5 cm³/mol. The van der Waals surface area contributed by atoms with E-state index in [0.29, 0.717) is 32.4 Å². The molecule has 3 rings (SSSR count). The normalized spacial score (nSPS) is 13.4. The van der Waals surface area contributed by atoms with Crippen LogP contribution in [0.5, 0.6) is 5.75 Å². The molecule has 25 heavy (non-hydrogen) atoms. The van der Waals surface area contributed by atoms with Gasteiger partial charge in [-0.25, -0.2) is 0 Å². The number of benzene rings is 1. The number of carbonyl (C=O) groups is 2. The molecular weight excluding hydrogens is 336 g/mol. The largest absolute Gasteiger partial charge is 0.508 e. The van der Waals surface area contributed by atoms with Crippen LogP contribution in [0.25, 0.3) is 0 Å². The molecule has 132 valence electrons. The molecule has 1 aliphatic rings. The van der Waals surface area contributed by atoms with Gasteiger partial charge in [0, 0.05) is 37.4 Å². The lowest BCUT2D eigenvalue weighted by Crippen LogP contribution is -2.37. The fraction of sp³-hybridized carbons (Fsp3) is 0.368. The Labute approximate surface area is 151 Å². The second kappa shape index (κ2) is 8.16. The van der Waals surface area contributed by atoms with Crippen molar-refractivity contribution in [1.82, 2.24) is 10.2 Å². The molecule has 0 spiro atoms. The van der Waals surface area contributed by atoms with Crippen molar-refractivity contribution in [3.8, 4) is 5.75 Å². The molecule has 0 saturated carbocycles. The molecule has 5 nitrogen and oxygen atoms in total. The van der Waals surface area contributed by atoms with Gasteiger partial charge in [-0.05, 0) is 41.5 Å². The van der Waals surface area contributed by atoms with E-state index in [9.17, 15) is 14.7 Å². The van der Waals surface area contributed by atoms with Crippen molar-refractivity contribution in [2.45, 2.75) is 32.2 Å². The molecule has 0 unspecified atom stereocenters. The average molecular weight is 358 g/mol. The van der Waals surface area contributed by atoms with Gasteiger partial charge in [0.05, 0.1) is 0 Å². The SMILES string of the molecule is O=C(CCc1ccccc1O)NCCC(=O)N1CCc2sccc2C1.